The van der Waals surface area contributed by atoms with Gasteiger partial charge in [-0.05, 0) is 23.6 Å². The van der Waals surface area contributed by atoms with Gasteiger partial charge >= 0.3 is 5.97 Å². The molecule has 0 atom stereocenters. The SMILES string of the molecule is COC(=O)c1c(-c2cn(C(c3ccccc3)(c3ccccc3)c3ccccc3)cn2)noc1C. The number of nitrogens with zero attached hydrogens (tertiary/aromatic N) is 3. The minimum Gasteiger partial charge on any atom is -0.465 e. The van der Waals surface area contributed by atoms with Gasteiger partial charge in [-0.3, -0.25) is 0 Å². The molecule has 0 aliphatic rings. The van der Waals surface area contributed by atoms with Gasteiger partial charge in [0.2, 0.25) is 0 Å². The quantitative estimate of drug-likeness (QED) is 0.254. The number of benzene rings is 3. The number of esters is 1. The zero-order chi connectivity index (χ0) is 23.5. The van der Waals surface area contributed by atoms with E-state index >= 15 is 0 Å². The second kappa shape index (κ2) is 8.83. The fourth-order valence-corrected chi connectivity index (χ4v) is 4.50. The van der Waals surface area contributed by atoms with Crippen molar-refractivity contribution in [3.8, 4) is 11.4 Å². The lowest BCUT2D eigenvalue weighted by atomic mass is 9.77. The average Bonchev–Trinajstić information content (AvgIpc) is 3.53. The number of aromatic nitrogens is 3. The van der Waals surface area contributed by atoms with Crippen LogP contribution in [0.5, 0.6) is 0 Å². The third-order valence-electron chi connectivity index (χ3n) is 6.04. The van der Waals surface area contributed by atoms with Crippen molar-refractivity contribution in [2.24, 2.45) is 0 Å². The predicted molar refractivity (Wildman–Crippen MR) is 128 cm³/mol. The van der Waals surface area contributed by atoms with Crippen LogP contribution in [0.3, 0.4) is 0 Å². The predicted octanol–water partition coefficient (Wildman–Crippen LogP) is 5.47. The number of rotatable bonds is 6. The average molecular weight is 450 g/mol. The molecule has 3 aromatic carbocycles. The Hall–Kier alpha value is -4.45. The monoisotopic (exact) mass is 449 g/mol. The van der Waals surface area contributed by atoms with Gasteiger partial charge in [0.25, 0.3) is 0 Å². The molecule has 0 spiro atoms. The number of carbonyl (C=O) groups is 1. The molecular formula is C28H23N3O3. The fourth-order valence-electron chi connectivity index (χ4n) is 4.50. The summed E-state index contributed by atoms with van der Waals surface area (Å²) >= 11 is 0. The van der Waals surface area contributed by atoms with Gasteiger partial charge in [-0.1, -0.05) is 96.2 Å². The summed E-state index contributed by atoms with van der Waals surface area (Å²) in [7, 11) is 1.34. The Bertz CT molecular complexity index is 1310. The van der Waals surface area contributed by atoms with Crippen molar-refractivity contribution in [2.75, 3.05) is 7.11 Å². The summed E-state index contributed by atoms with van der Waals surface area (Å²) in [4.78, 5) is 17.1. The van der Waals surface area contributed by atoms with Crippen molar-refractivity contribution in [1.82, 2.24) is 14.7 Å². The molecule has 0 unspecified atom stereocenters. The van der Waals surface area contributed by atoms with Gasteiger partial charge in [0.05, 0.1) is 13.4 Å². The molecule has 0 bridgehead atoms. The van der Waals surface area contributed by atoms with Gasteiger partial charge in [0.15, 0.2) is 0 Å². The molecule has 0 amide bonds. The van der Waals surface area contributed by atoms with E-state index < -0.39 is 11.5 Å². The highest BCUT2D eigenvalue weighted by molar-refractivity contribution is 5.96. The lowest BCUT2D eigenvalue weighted by molar-refractivity contribution is 0.0599. The molecule has 34 heavy (non-hydrogen) atoms. The Balaban J connectivity index is 1.79. The summed E-state index contributed by atoms with van der Waals surface area (Å²) in [6.45, 7) is 1.68. The summed E-state index contributed by atoms with van der Waals surface area (Å²) in [5.41, 5.74) is 3.65. The van der Waals surface area contributed by atoms with E-state index in [0.717, 1.165) is 16.7 Å². The molecule has 0 N–H and O–H groups in total. The van der Waals surface area contributed by atoms with Crippen molar-refractivity contribution in [3.05, 3.63) is 132 Å². The van der Waals surface area contributed by atoms with E-state index in [4.69, 9.17) is 9.26 Å². The summed E-state index contributed by atoms with van der Waals surface area (Å²) in [5, 5.41) is 4.12. The van der Waals surface area contributed by atoms with Gasteiger partial charge in [-0.2, -0.15) is 0 Å². The number of imidazole rings is 1. The highest BCUT2D eigenvalue weighted by atomic mass is 16.5. The molecule has 2 aromatic heterocycles. The first-order chi connectivity index (χ1) is 16.7. The van der Waals surface area contributed by atoms with E-state index in [2.05, 4.69) is 51.1 Å². The second-order valence-electron chi connectivity index (χ2n) is 7.93. The molecule has 6 heteroatoms. The zero-order valence-corrected chi connectivity index (χ0v) is 18.9. The highest BCUT2D eigenvalue weighted by Crippen LogP contribution is 2.41. The third-order valence-corrected chi connectivity index (χ3v) is 6.04. The number of aryl methyl sites for hydroxylation is 1. The van der Waals surface area contributed by atoms with Crippen molar-refractivity contribution < 1.29 is 14.1 Å². The van der Waals surface area contributed by atoms with Gasteiger partial charge < -0.3 is 13.8 Å². The molecule has 0 aliphatic heterocycles. The third kappa shape index (κ3) is 3.40. The maximum Gasteiger partial charge on any atom is 0.343 e. The number of ether oxygens (including phenoxy) is 1. The minimum absolute atomic E-state index is 0.275. The van der Waals surface area contributed by atoms with Crippen LogP contribution in [0.1, 0.15) is 32.8 Å². The normalized spacial score (nSPS) is 11.4. The smallest absolute Gasteiger partial charge is 0.343 e. The molecule has 0 saturated heterocycles. The molecule has 0 saturated carbocycles. The number of carbonyl (C=O) groups excluding carboxylic acids is 1. The van der Waals surface area contributed by atoms with Crippen LogP contribution < -0.4 is 0 Å². The van der Waals surface area contributed by atoms with E-state index in [1.807, 2.05) is 60.8 Å². The first kappa shape index (κ1) is 21.4. The van der Waals surface area contributed by atoms with Crippen LogP contribution in [-0.2, 0) is 10.3 Å². The maximum atomic E-state index is 12.4. The second-order valence-corrected chi connectivity index (χ2v) is 7.93. The molecule has 0 radical (unpaired) electrons. The summed E-state index contributed by atoms with van der Waals surface area (Å²) < 4.78 is 12.3. The lowest BCUT2D eigenvalue weighted by Gasteiger charge is -2.37. The van der Waals surface area contributed by atoms with Gasteiger partial charge in [0.1, 0.15) is 28.3 Å². The van der Waals surface area contributed by atoms with E-state index in [1.54, 1.807) is 13.3 Å². The summed E-state index contributed by atoms with van der Waals surface area (Å²) in [6, 6.07) is 30.9. The van der Waals surface area contributed by atoms with Crippen LogP contribution in [0.2, 0.25) is 0 Å². The molecule has 5 rings (SSSR count). The first-order valence-electron chi connectivity index (χ1n) is 10.9. The molecule has 6 nitrogen and oxygen atoms in total. The van der Waals surface area contributed by atoms with Gasteiger partial charge in [0, 0.05) is 6.20 Å². The van der Waals surface area contributed by atoms with Crippen LogP contribution in [0, 0.1) is 6.92 Å². The summed E-state index contributed by atoms with van der Waals surface area (Å²) in [6.07, 6.45) is 3.67. The Morgan fingerprint density at radius 3 is 1.82 bits per heavy atom. The van der Waals surface area contributed by atoms with Crippen molar-refractivity contribution >= 4 is 5.97 Å². The molecule has 168 valence electrons. The van der Waals surface area contributed by atoms with E-state index in [1.165, 1.54) is 7.11 Å². The number of hydrogen-bond donors (Lipinski definition) is 0. The zero-order valence-electron chi connectivity index (χ0n) is 18.9. The largest absolute Gasteiger partial charge is 0.465 e. The summed E-state index contributed by atoms with van der Waals surface area (Å²) in [5.74, 6) is -0.124. The minimum atomic E-state index is -0.709. The molecule has 2 heterocycles. The van der Waals surface area contributed by atoms with Crippen LogP contribution in [0.15, 0.2) is 108 Å². The number of hydrogen-bond acceptors (Lipinski definition) is 5. The molecule has 5 aromatic rings. The topological polar surface area (TPSA) is 70.2 Å². The van der Waals surface area contributed by atoms with E-state index in [0.29, 0.717) is 17.1 Å². The highest BCUT2D eigenvalue weighted by Gasteiger charge is 2.38. The Labute approximate surface area is 197 Å². The van der Waals surface area contributed by atoms with Crippen LogP contribution in [0.25, 0.3) is 11.4 Å². The van der Waals surface area contributed by atoms with Gasteiger partial charge in [-0.15, -0.1) is 0 Å². The lowest BCUT2D eigenvalue weighted by Crippen LogP contribution is -2.36. The molecule has 0 aliphatic carbocycles. The van der Waals surface area contributed by atoms with Crippen molar-refractivity contribution in [1.29, 1.82) is 0 Å². The Morgan fingerprint density at radius 1 is 0.853 bits per heavy atom. The maximum absolute atomic E-state index is 12.4. The van der Waals surface area contributed by atoms with Crippen LogP contribution in [0.4, 0.5) is 0 Å². The standard InChI is InChI=1S/C28H23N3O3/c1-20-25(27(32)33-2)26(30-34-20)24-18-31(19-29-24)28(21-12-6-3-7-13-21,22-14-8-4-9-15-22)23-16-10-5-11-17-23/h3-19H,1-2H3. The molecular weight excluding hydrogens is 426 g/mol. The van der Waals surface area contributed by atoms with Crippen LogP contribution >= 0.6 is 0 Å². The van der Waals surface area contributed by atoms with Crippen molar-refractivity contribution in [2.45, 2.75) is 12.5 Å². The first-order valence-corrected chi connectivity index (χ1v) is 10.9. The number of methoxy groups -OCH3 is 1. The van der Waals surface area contributed by atoms with Crippen LogP contribution in [-0.4, -0.2) is 27.8 Å². The molecule has 0 fully saturated rings. The van der Waals surface area contributed by atoms with Crippen molar-refractivity contribution in [3.63, 3.8) is 0 Å². The van der Waals surface area contributed by atoms with Gasteiger partial charge in [-0.25, -0.2) is 9.78 Å². The Morgan fingerprint density at radius 2 is 1.35 bits per heavy atom. The van der Waals surface area contributed by atoms with E-state index in [-0.39, 0.29) is 5.56 Å². The fraction of sp³-hybridized carbons (Fsp3) is 0.107. The van der Waals surface area contributed by atoms with E-state index in [9.17, 15) is 4.79 Å². The Kier molecular flexibility index (Phi) is 5.55.